The van der Waals surface area contributed by atoms with E-state index >= 15 is 0 Å². The van der Waals surface area contributed by atoms with Crippen molar-refractivity contribution in [1.29, 1.82) is 0 Å². The Morgan fingerprint density at radius 1 is 1.00 bits per heavy atom. The maximum atomic E-state index is 12.0. The summed E-state index contributed by atoms with van der Waals surface area (Å²) < 4.78 is 16.8. The molecule has 0 fully saturated rings. The number of ether oxygens (including phenoxy) is 3. The van der Waals surface area contributed by atoms with Gasteiger partial charge in [-0.05, 0) is 66.9 Å². The van der Waals surface area contributed by atoms with E-state index in [-0.39, 0.29) is 12.5 Å². The number of nitrogens with one attached hydrogen (secondary N) is 1. The van der Waals surface area contributed by atoms with E-state index in [1.54, 1.807) is 37.4 Å². The van der Waals surface area contributed by atoms with Crippen molar-refractivity contribution < 1.29 is 19.0 Å². The van der Waals surface area contributed by atoms with Gasteiger partial charge in [0, 0.05) is 15.6 Å². The number of carbonyl (C=O) groups excluding carboxylic acids is 1. The fraction of sp³-hybridized carbons (Fsp3) is 0.200. The molecule has 1 amide bonds. The Labute approximate surface area is 203 Å². The van der Waals surface area contributed by atoms with Gasteiger partial charge in [0.1, 0.15) is 12.4 Å². The van der Waals surface area contributed by atoms with E-state index in [0.717, 1.165) is 22.3 Å². The first kappa shape index (κ1) is 24.4. The zero-order valence-electron chi connectivity index (χ0n) is 18.5. The van der Waals surface area contributed by atoms with Crippen molar-refractivity contribution in [2.24, 2.45) is 5.10 Å². The van der Waals surface area contributed by atoms with Gasteiger partial charge in [0.25, 0.3) is 5.91 Å². The van der Waals surface area contributed by atoms with Crippen LogP contribution in [0.25, 0.3) is 0 Å². The molecule has 0 bridgehead atoms. The van der Waals surface area contributed by atoms with Crippen molar-refractivity contribution in [1.82, 2.24) is 5.43 Å². The zero-order chi connectivity index (χ0) is 23.8. The Bertz CT molecular complexity index is 1140. The summed E-state index contributed by atoms with van der Waals surface area (Å²) in [4.78, 5) is 12.0. The van der Waals surface area contributed by atoms with Gasteiger partial charge in [-0.15, -0.1) is 0 Å². The van der Waals surface area contributed by atoms with Crippen molar-refractivity contribution in [3.63, 3.8) is 0 Å². The zero-order valence-corrected chi connectivity index (χ0v) is 20.0. The van der Waals surface area contributed by atoms with Crippen LogP contribution >= 0.6 is 23.2 Å². The number of nitrogens with zero attached hydrogens (tertiary/aromatic N) is 1. The summed E-state index contributed by atoms with van der Waals surface area (Å²) in [7, 11) is 1.55. The normalized spacial score (nSPS) is 10.8. The molecule has 0 spiro atoms. The molecule has 0 aliphatic carbocycles. The topological polar surface area (TPSA) is 69.2 Å². The number of methoxy groups -OCH3 is 1. The molecule has 0 saturated carbocycles. The van der Waals surface area contributed by atoms with Gasteiger partial charge in [-0.3, -0.25) is 4.79 Å². The number of hydrogen-bond donors (Lipinski definition) is 1. The lowest BCUT2D eigenvalue weighted by molar-refractivity contribution is -0.123. The fourth-order valence-corrected chi connectivity index (χ4v) is 3.30. The number of rotatable bonds is 9. The third-order valence-corrected chi connectivity index (χ3v) is 5.68. The number of hydrazone groups is 1. The largest absolute Gasteiger partial charge is 0.493 e. The summed E-state index contributed by atoms with van der Waals surface area (Å²) in [6.07, 6.45) is 1.51. The second kappa shape index (κ2) is 11.6. The van der Waals surface area contributed by atoms with Gasteiger partial charge >= 0.3 is 0 Å². The Hall–Kier alpha value is -3.22. The average molecular weight is 487 g/mol. The van der Waals surface area contributed by atoms with Crippen LogP contribution in [-0.4, -0.2) is 25.8 Å². The molecule has 3 aromatic carbocycles. The Morgan fingerprint density at radius 3 is 2.42 bits per heavy atom. The van der Waals surface area contributed by atoms with Crippen LogP contribution in [0.1, 0.15) is 22.3 Å². The summed E-state index contributed by atoms with van der Waals surface area (Å²) in [5.41, 5.74) is 5.81. The van der Waals surface area contributed by atoms with E-state index in [4.69, 9.17) is 37.4 Å². The van der Waals surface area contributed by atoms with E-state index < -0.39 is 0 Å². The number of amides is 1. The van der Waals surface area contributed by atoms with E-state index in [1.807, 2.05) is 38.1 Å². The molecular weight excluding hydrogens is 463 g/mol. The number of halogens is 2. The first-order valence-corrected chi connectivity index (χ1v) is 10.9. The molecule has 0 atom stereocenters. The fourth-order valence-electron chi connectivity index (χ4n) is 3.00. The quantitative estimate of drug-likeness (QED) is 0.309. The monoisotopic (exact) mass is 486 g/mol. The number of benzene rings is 3. The minimum Gasteiger partial charge on any atom is -0.493 e. The number of hydrogen-bond acceptors (Lipinski definition) is 5. The third kappa shape index (κ3) is 6.88. The summed E-state index contributed by atoms with van der Waals surface area (Å²) in [6, 6.07) is 16.4. The maximum Gasteiger partial charge on any atom is 0.277 e. The molecule has 0 saturated heterocycles. The van der Waals surface area contributed by atoms with Crippen molar-refractivity contribution in [2.75, 3.05) is 13.7 Å². The molecule has 0 heterocycles. The molecule has 0 aliphatic rings. The molecule has 3 aromatic rings. The van der Waals surface area contributed by atoms with Crippen molar-refractivity contribution >= 4 is 35.3 Å². The maximum absolute atomic E-state index is 12.0. The first-order chi connectivity index (χ1) is 15.9. The molecule has 0 radical (unpaired) electrons. The molecule has 0 aliphatic heterocycles. The van der Waals surface area contributed by atoms with Gasteiger partial charge in [0.05, 0.1) is 13.3 Å². The van der Waals surface area contributed by atoms with Crippen LogP contribution in [0, 0.1) is 13.8 Å². The highest BCUT2D eigenvalue weighted by Crippen LogP contribution is 2.29. The van der Waals surface area contributed by atoms with Crippen LogP contribution in [0.5, 0.6) is 17.2 Å². The highest BCUT2D eigenvalue weighted by molar-refractivity contribution is 6.32. The smallest absolute Gasteiger partial charge is 0.277 e. The van der Waals surface area contributed by atoms with Crippen molar-refractivity contribution in [3.8, 4) is 17.2 Å². The van der Waals surface area contributed by atoms with E-state index in [0.29, 0.717) is 33.9 Å². The molecule has 172 valence electrons. The van der Waals surface area contributed by atoms with E-state index in [2.05, 4.69) is 10.5 Å². The second-order valence-corrected chi connectivity index (χ2v) is 8.03. The van der Waals surface area contributed by atoms with Crippen LogP contribution in [0.2, 0.25) is 10.0 Å². The molecule has 33 heavy (non-hydrogen) atoms. The van der Waals surface area contributed by atoms with Crippen LogP contribution in [0.4, 0.5) is 0 Å². The van der Waals surface area contributed by atoms with Gasteiger partial charge in [0.2, 0.25) is 0 Å². The van der Waals surface area contributed by atoms with Crippen LogP contribution < -0.4 is 19.6 Å². The molecule has 6 nitrogen and oxygen atoms in total. The number of aryl methyl sites for hydroxylation is 2. The van der Waals surface area contributed by atoms with Gasteiger partial charge in [0.15, 0.2) is 18.1 Å². The van der Waals surface area contributed by atoms with Crippen LogP contribution in [-0.2, 0) is 11.4 Å². The molecule has 8 heteroatoms. The lowest BCUT2D eigenvalue weighted by atomic mass is 10.1. The van der Waals surface area contributed by atoms with Crippen molar-refractivity contribution in [2.45, 2.75) is 20.5 Å². The van der Waals surface area contributed by atoms with Crippen LogP contribution in [0.3, 0.4) is 0 Å². The lowest BCUT2D eigenvalue weighted by Gasteiger charge is -2.12. The molecular formula is C25H24Cl2N2O4. The second-order valence-electron chi connectivity index (χ2n) is 7.24. The minimum absolute atomic E-state index is 0.171. The van der Waals surface area contributed by atoms with Gasteiger partial charge in [-0.2, -0.15) is 5.10 Å². The highest BCUT2D eigenvalue weighted by atomic mass is 35.5. The molecule has 0 aromatic heterocycles. The van der Waals surface area contributed by atoms with E-state index in [1.165, 1.54) is 6.21 Å². The number of carbonyl (C=O) groups is 1. The predicted molar refractivity (Wildman–Crippen MR) is 131 cm³/mol. The standard InChI is InChI=1S/C25H24Cl2N2O4/c1-16-10-20(11-17(2)25(16)27)32-15-24(30)29-28-13-18-8-9-22(23(12-18)31-3)33-14-19-6-4-5-7-21(19)26/h4-13H,14-15H2,1-3H3,(H,29,30)/b28-13+. The molecule has 0 unspecified atom stereocenters. The SMILES string of the molecule is COc1cc(/C=N/NC(=O)COc2cc(C)c(Cl)c(C)c2)ccc1OCc1ccccc1Cl. The molecule has 1 N–H and O–H groups in total. The highest BCUT2D eigenvalue weighted by Gasteiger charge is 2.08. The Kier molecular flexibility index (Phi) is 8.58. The summed E-state index contributed by atoms with van der Waals surface area (Å²) in [6.45, 7) is 3.91. The summed E-state index contributed by atoms with van der Waals surface area (Å²) in [5.74, 6) is 1.29. The summed E-state index contributed by atoms with van der Waals surface area (Å²) >= 11 is 12.3. The lowest BCUT2D eigenvalue weighted by Crippen LogP contribution is -2.24. The third-order valence-electron chi connectivity index (χ3n) is 4.71. The minimum atomic E-state index is -0.386. The summed E-state index contributed by atoms with van der Waals surface area (Å²) in [5, 5.41) is 5.30. The van der Waals surface area contributed by atoms with Crippen LogP contribution in [0.15, 0.2) is 59.7 Å². The molecule has 3 rings (SSSR count). The van der Waals surface area contributed by atoms with Gasteiger partial charge in [-0.1, -0.05) is 41.4 Å². The average Bonchev–Trinajstić information content (AvgIpc) is 2.81. The van der Waals surface area contributed by atoms with Gasteiger partial charge in [-0.25, -0.2) is 5.43 Å². The van der Waals surface area contributed by atoms with Crippen molar-refractivity contribution in [3.05, 3.63) is 86.9 Å². The predicted octanol–water partition coefficient (Wildman–Crippen LogP) is 5.73. The van der Waals surface area contributed by atoms with E-state index in [9.17, 15) is 4.79 Å². The Balaban J connectivity index is 1.54. The van der Waals surface area contributed by atoms with Gasteiger partial charge < -0.3 is 14.2 Å². The first-order valence-electron chi connectivity index (χ1n) is 10.1. The Morgan fingerprint density at radius 2 is 1.73 bits per heavy atom.